The molecule has 0 radical (unpaired) electrons. The van der Waals surface area contributed by atoms with Crippen LogP contribution in [0.2, 0.25) is 0 Å². The SMILES string of the molecule is C[C@@]1(O)CCOC2(CCN(S(=O)(=O)c3cccc(C#N)c3)CC2)[C@H]1O. The Bertz CT molecular complexity index is 792. The second-order valence-corrected chi connectivity index (χ2v) is 8.90. The van der Waals surface area contributed by atoms with E-state index in [1.807, 2.05) is 6.07 Å². The van der Waals surface area contributed by atoms with Crippen LogP contribution in [0.5, 0.6) is 0 Å². The molecule has 0 saturated carbocycles. The fraction of sp³-hybridized carbons (Fsp3) is 0.588. The van der Waals surface area contributed by atoms with E-state index in [4.69, 9.17) is 10.00 Å². The zero-order valence-electron chi connectivity index (χ0n) is 14.1. The summed E-state index contributed by atoms with van der Waals surface area (Å²) < 4.78 is 32.7. The molecule has 2 aliphatic rings. The zero-order valence-corrected chi connectivity index (χ0v) is 14.9. The van der Waals surface area contributed by atoms with Crippen molar-refractivity contribution in [2.75, 3.05) is 19.7 Å². The molecule has 2 fully saturated rings. The van der Waals surface area contributed by atoms with Crippen molar-refractivity contribution in [1.82, 2.24) is 4.31 Å². The Hall–Kier alpha value is -1.50. The Morgan fingerprint density at radius 2 is 2.00 bits per heavy atom. The first-order valence-electron chi connectivity index (χ1n) is 8.26. The molecule has 0 aromatic heterocycles. The van der Waals surface area contributed by atoms with Gasteiger partial charge >= 0.3 is 0 Å². The lowest BCUT2D eigenvalue weighted by Crippen LogP contribution is -2.64. The van der Waals surface area contributed by atoms with Crippen molar-refractivity contribution in [2.45, 2.75) is 48.4 Å². The number of hydrogen-bond donors (Lipinski definition) is 2. The van der Waals surface area contributed by atoms with E-state index in [-0.39, 0.29) is 23.5 Å². The molecule has 1 aromatic carbocycles. The van der Waals surface area contributed by atoms with Gasteiger partial charge in [0.1, 0.15) is 6.10 Å². The van der Waals surface area contributed by atoms with Crippen LogP contribution < -0.4 is 0 Å². The first-order chi connectivity index (χ1) is 11.7. The molecule has 2 aliphatic heterocycles. The molecule has 0 unspecified atom stereocenters. The molecule has 0 amide bonds. The van der Waals surface area contributed by atoms with Gasteiger partial charge in [0.2, 0.25) is 10.0 Å². The number of sulfonamides is 1. The van der Waals surface area contributed by atoms with Gasteiger partial charge in [0.15, 0.2) is 0 Å². The maximum absolute atomic E-state index is 12.8. The minimum Gasteiger partial charge on any atom is -0.387 e. The topological polar surface area (TPSA) is 111 Å². The Morgan fingerprint density at radius 1 is 1.32 bits per heavy atom. The summed E-state index contributed by atoms with van der Waals surface area (Å²) in [6.07, 6.45) is -0.0949. The fourth-order valence-electron chi connectivity index (χ4n) is 3.64. The third kappa shape index (κ3) is 3.18. The highest BCUT2D eigenvalue weighted by Crippen LogP contribution is 2.40. The van der Waals surface area contributed by atoms with E-state index in [1.165, 1.54) is 16.4 Å². The predicted molar refractivity (Wildman–Crippen MR) is 89.1 cm³/mol. The molecule has 2 heterocycles. The van der Waals surface area contributed by atoms with Crippen LogP contribution in [0.3, 0.4) is 0 Å². The molecule has 25 heavy (non-hydrogen) atoms. The van der Waals surface area contributed by atoms with Gasteiger partial charge in [0.25, 0.3) is 0 Å². The van der Waals surface area contributed by atoms with E-state index in [0.29, 0.717) is 25.9 Å². The molecule has 0 aliphatic carbocycles. The number of ether oxygens (including phenoxy) is 1. The number of nitrogens with zero attached hydrogens (tertiary/aromatic N) is 2. The van der Waals surface area contributed by atoms with Gasteiger partial charge in [-0.3, -0.25) is 0 Å². The summed E-state index contributed by atoms with van der Waals surface area (Å²) in [7, 11) is -3.71. The van der Waals surface area contributed by atoms with E-state index in [1.54, 1.807) is 19.1 Å². The Morgan fingerprint density at radius 3 is 2.64 bits per heavy atom. The second-order valence-electron chi connectivity index (χ2n) is 6.97. The zero-order chi connectivity index (χ0) is 18.3. The molecule has 8 heteroatoms. The summed E-state index contributed by atoms with van der Waals surface area (Å²) >= 11 is 0. The molecule has 0 bridgehead atoms. The molecule has 2 N–H and O–H groups in total. The summed E-state index contributed by atoms with van der Waals surface area (Å²) in [6, 6.07) is 7.86. The van der Waals surface area contributed by atoms with E-state index >= 15 is 0 Å². The molecule has 7 nitrogen and oxygen atoms in total. The monoisotopic (exact) mass is 366 g/mol. The van der Waals surface area contributed by atoms with Gasteiger partial charge in [-0.2, -0.15) is 9.57 Å². The number of aliphatic hydroxyl groups is 2. The normalized spacial score (nSPS) is 30.1. The smallest absolute Gasteiger partial charge is 0.243 e. The molecular formula is C17H22N2O5S. The Kier molecular flexibility index (Phi) is 4.64. The van der Waals surface area contributed by atoms with E-state index in [2.05, 4.69) is 0 Å². The summed E-state index contributed by atoms with van der Waals surface area (Å²) in [5.74, 6) is 0. The van der Waals surface area contributed by atoms with E-state index < -0.39 is 27.3 Å². The van der Waals surface area contributed by atoms with Crippen molar-refractivity contribution in [3.05, 3.63) is 29.8 Å². The van der Waals surface area contributed by atoms with Crippen molar-refractivity contribution < 1.29 is 23.4 Å². The van der Waals surface area contributed by atoms with Crippen LogP contribution in [0.1, 0.15) is 31.7 Å². The Balaban J connectivity index is 1.79. The molecule has 2 saturated heterocycles. The summed E-state index contributed by atoms with van der Waals surface area (Å²) in [6.45, 7) is 2.29. The van der Waals surface area contributed by atoms with Crippen LogP contribution in [0.4, 0.5) is 0 Å². The van der Waals surface area contributed by atoms with Crippen molar-refractivity contribution in [3.8, 4) is 6.07 Å². The fourth-order valence-corrected chi connectivity index (χ4v) is 5.13. The number of aliphatic hydroxyl groups excluding tert-OH is 1. The highest BCUT2D eigenvalue weighted by molar-refractivity contribution is 7.89. The van der Waals surface area contributed by atoms with Crippen LogP contribution in [-0.4, -0.2) is 59.9 Å². The van der Waals surface area contributed by atoms with Crippen molar-refractivity contribution in [1.29, 1.82) is 5.26 Å². The quantitative estimate of drug-likeness (QED) is 0.793. The van der Waals surface area contributed by atoms with Gasteiger partial charge in [-0.15, -0.1) is 0 Å². The molecule has 3 rings (SSSR count). The summed E-state index contributed by atoms with van der Waals surface area (Å²) in [5.41, 5.74) is -1.86. The van der Waals surface area contributed by atoms with Crippen LogP contribution in [-0.2, 0) is 14.8 Å². The van der Waals surface area contributed by atoms with Crippen LogP contribution in [0.25, 0.3) is 0 Å². The van der Waals surface area contributed by atoms with Gasteiger partial charge in [0, 0.05) is 19.5 Å². The average molecular weight is 366 g/mol. The minimum absolute atomic E-state index is 0.0830. The van der Waals surface area contributed by atoms with Crippen LogP contribution in [0, 0.1) is 11.3 Å². The molecule has 2 atom stereocenters. The standard InChI is InChI=1S/C17H22N2O5S/c1-16(21)7-10-24-17(15(16)20)5-8-19(9-6-17)25(22,23)14-4-2-3-13(11-14)12-18/h2-4,11,15,20-21H,5-10H2,1H3/t15-,16+/m0/s1. The lowest BCUT2D eigenvalue weighted by atomic mass is 9.75. The first kappa shape index (κ1) is 18.3. The van der Waals surface area contributed by atoms with Gasteiger partial charge in [-0.25, -0.2) is 8.42 Å². The average Bonchev–Trinajstić information content (AvgIpc) is 2.60. The third-order valence-electron chi connectivity index (χ3n) is 5.25. The van der Waals surface area contributed by atoms with Crippen LogP contribution in [0.15, 0.2) is 29.2 Å². The Labute approximate surface area is 147 Å². The highest BCUT2D eigenvalue weighted by Gasteiger charge is 2.53. The third-order valence-corrected chi connectivity index (χ3v) is 7.15. The van der Waals surface area contributed by atoms with E-state index in [9.17, 15) is 18.6 Å². The highest BCUT2D eigenvalue weighted by atomic mass is 32.2. The molecular weight excluding hydrogens is 344 g/mol. The molecule has 1 aromatic rings. The number of rotatable bonds is 2. The second kappa shape index (κ2) is 6.34. The lowest BCUT2D eigenvalue weighted by molar-refractivity contribution is -0.243. The lowest BCUT2D eigenvalue weighted by Gasteiger charge is -2.51. The van der Waals surface area contributed by atoms with Crippen LogP contribution >= 0.6 is 0 Å². The number of benzene rings is 1. The number of nitriles is 1. The maximum atomic E-state index is 12.8. The van der Waals surface area contributed by atoms with Crippen molar-refractivity contribution >= 4 is 10.0 Å². The first-order valence-corrected chi connectivity index (χ1v) is 9.70. The van der Waals surface area contributed by atoms with E-state index in [0.717, 1.165) is 0 Å². The largest absolute Gasteiger partial charge is 0.387 e. The van der Waals surface area contributed by atoms with Gasteiger partial charge in [-0.1, -0.05) is 6.07 Å². The molecule has 1 spiro atoms. The predicted octanol–water partition coefficient (Wildman–Crippen LogP) is 0.614. The maximum Gasteiger partial charge on any atom is 0.243 e. The summed E-state index contributed by atoms with van der Waals surface area (Å²) in [4.78, 5) is 0.0830. The minimum atomic E-state index is -3.71. The van der Waals surface area contributed by atoms with Crippen molar-refractivity contribution in [3.63, 3.8) is 0 Å². The number of hydrogen-bond acceptors (Lipinski definition) is 6. The molecule has 136 valence electrons. The van der Waals surface area contributed by atoms with Crippen molar-refractivity contribution in [2.24, 2.45) is 0 Å². The number of piperidine rings is 1. The van der Waals surface area contributed by atoms with Gasteiger partial charge in [-0.05, 0) is 38.0 Å². The summed E-state index contributed by atoms with van der Waals surface area (Å²) in [5, 5.41) is 29.8. The van der Waals surface area contributed by atoms with Gasteiger partial charge in [0.05, 0.1) is 34.3 Å². The van der Waals surface area contributed by atoms with Gasteiger partial charge < -0.3 is 14.9 Å².